The highest BCUT2D eigenvalue weighted by Crippen LogP contribution is 2.10. The van der Waals surface area contributed by atoms with Crippen LogP contribution in [-0.2, 0) is 6.61 Å². The number of carboxylic acid groups (broad SMARTS) is 1. The molecule has 2 aromatic rings. The van der Waals surface area contributed by atoms with Crippen LogP contribution in [0.3, 0.4) is 0 Å². The largest absolute Gasteiger partial charge is 0.476 e. The molecule has 2 aromatic heterocycles. The molecule has 0 aromatic carbocycles. The molecule has 0 saturated heterocycles. The second-order valence-corrected chi connectivity index (χ2v) is 3.39. The van der Waals surface area contributed by atoms with Crippen molar-refractivity contribution in [3.63, 3.8) is 0 Å². The fraction of sp³-hybridized carbons (Fsp3) is 0.182. The molecule has 0 atom stereocenters. The summed E-state index contributed by atoms with van der Waals surface area (Å²) < 4.78 is 10.2. The Bertz CT molecular complexity index is 519. The summed E-state index contributed by atoms with van der Waals surface area (Å²) in [7, 11) is 0. The van der Waals surface area contributed by atoms with Gasteiger partial charge in [0.1, 0.15) is 6.26 Å². The van der Waals surface area contributed by atoms with Crippen molar-refractivity contribution < 1.29 is 19.1 Å². The van der Waals surface area contributed by atoms with Crippen LogP contribution in [0.15, 0.2) is 29.0 Å². The number of oxazole rings is 1. The lowest BCUT2D eigenvalue weighted by molar-refractivity contribution is 0.0690. The van der Waals surface area contributed by atoms with E-state index < -0.39 is 5.97 Å². The topological polar surface area (TPSA) is 85.5 Å². The lowest BCUT2D eigenvalue weighted by atomic mass is 10.3. The Morgan fingerprint density at radius 1 is 1.53 bits per heavy atom. The number of hydrogen-bond donors (Lipinski definition) is 1. The standard InChI is InChI=1S/C11H10N2O4/c1-7-2-3-9(12-4-7)17-6-10-13-8(5-16-10)11(14)15/h2-5H,6H2,1H3,(H,14,15). The number of aromatic carboxylic acids is 1. The van der Waals surface area contributed by atoms with Crippen molar-refractivity contribution in [1.82, 2.24) is 9.97 Å². The molecular formula is C11H10N2O4. The van der Waals surface area contributed by atoms with E-state index in [0.717, 1.165) is 11.8 Å². The van der Waals surface area contributed by atoms with Crippen LogP contribution in [0.4, 0.5) is 0 Å². The Labute approximate surface area is 96.9 Å². The van der Waals surface area contributed by atoms with Crippen molar-refractivity contribution >= 4 is 5.97 Å². The van der Waals surface area contributed by atoms with E-state index in [1.54, 1.807) is 12.3 Å². The molecule has 0 spiro atoms. The number of aryl methyl sites for hydroxylation is 1. The first-order chi connectivity index (χ1) is 8.15. The molecule has 2 heterocycles. The van der Waals surface area contributed by atoms with Crippen LogP contribution in [-0.4, -0.2) is 21.0 Å². The summed E-state index contributed by atoms with van der Waals surface area (Å²) in [6.45, 7) is 1.97. The van der Waals surface area contributed by atoms with E-state index in [2.05, 4.69) is 9.97 Å². The molecule has 0 aliphatic heterocycles. The molecule has 1 N–H and O–H groups in total. The highest BCUT2D eigenvalue weighted by atomic mass is 16.5. The van der Waals surface area contributed by atoms with Gasteiger partial charge in [0.25, 0.3) is 0 Å². The molecule has 0 bridgehead atoms. The minimum atomic E-state index is -1.13. The van der Waals surface area contributed by atoms with E-state index in [1.165, 1.54) is 0 Å². The zero-order valence-corrected chi connectivity index (χ0v) is 9.08. The van der Waals surface area contributed by atoms with Crippen molar-refractivity contribution in [2.75, 3.05) is 0 Å². The molecule has 0 radical (unpaired) electrons. The minimum absolute atomic E-state index is 0.0450. The van der Waals surface area contributed by atoms with Gasteiger partial charge in [-0.15, -0.1) is 0 Å². The van der Waals surface area contributed by atoms with Gasteiger partial charge in [-0.2, -0.15) is 0 Å². The van der Waals surface area contributed by atoms with Gasteiger partial charge in [-0.1, -0.05) is 6.07 Å². The Hall–Kier alpha value is -2.37. The number of aromatic nitrogens is 2. The second kappa shape index (κ2) is 4.65. The second-order valence-electron chi connectivity index (χ2n) is 3.39. The maximum atomic E-state index is 10.6. The van der Waals surface area contributed by atoms with Crippen LogP contribution in [0, 0.1) is 6.92 Å². The van der Waals surface area contributed by atoms with Crippen molar-refractivity contribution in [2.24, 2.45) is 0 Å². The van der Waals surface area contributed by atoms with Gasteiger partial charge in [-0.05, 0) is 12.5 Å². The van der Waals surface area contributed by atoms with Gasteiger partial charge in [0, 0.05) is 12.3 Å². The molecular weight excluding hydrogens is 224 g/mol. The molecule has 2 rings (SSSR count). The zero-order valence-electron chi connectivity index (χ0n) is 9.08. The smallest absolute Gasteiger partial charge is 0.357 e. The lowest BCUT2D eigenvalue weighted by Crippen LogP contribution is -2.00. The van der Waals surface area contributed by atoms with Gasteiger partial charge >= 0.3 is 5.97 Å². The van der Waals surface area contributed by atoms with E-state index in [0.29, 0.717) is 5.88 Å². The van der Waals surface area contributed by atoms with Gasteiger partial charge < -0.3 is 14.3 Å². The third-order valence-corrected chi connectivity index (χ3v) is 2.00. The van der Waals surface area contributed by atoms with Gasteiger partial charge in [0.05, 0.1) is 0 Å². The van der Waals surface area contributed by atoms with Crippen LogP contribution in [0.5, 0.6) is 5.88 Å². The first-order valence-corrected chi connectivity index (χ1v) is 4.88. The predicted molar refractivity (Wildman–Crippen MR) is 56.8 cm³/mol. The average molecular weight is 234 g/mol. The SMILES string of the molecule is Cc1ccc(OCc2nc(C(=O)O)co2)nc1. The molecule has 0 fully saturated rings. The molecule has 0 aliphatic rings. The Kier molecular flexibility index (Phi) is 3.04. The van der Waals surface area contributed by atoms with Gasteiger partial charge in [-0.3, -0.25) is 0 Å². The highest BCUT2D eigenvalue weighted by molar-refractivity contribution is 5.84. The van der Waals surface area contributed by atoms with Crippen LogP contribution < -0.4 is 4.74 Å². The van der Waals surface area contributed by atoms with Crippen LogP contribution in [0.2, 0.25) is 0 Å². The average Bonchev–Trinajstić information content (AvgIpc) is 2.77. The third kappa shape index (κ3) is 2.81. The van der Waals surface area contributed by atoms with Crippen molar-refractivity contribution in [1.29, 1.82) is 0 Å². The zero-order chi connectivity index (χ0) is 12.3. The summed E-state index contributed by atoms with van der Waals surface area (Å²) in [4.78, 5) is 18.3. The summed E-state index contributed by atoms with van der Waals surface area (Å²) >= 11 is 0. The summed E-state index contributed by atoms with van der Waals surface area (Å²) in [5.74, 6) is -0.496. The van der Waals surface area contributed by atoms with E-state index >= 15 is 0 Å². The van der Waals surface area contributed by atoms with E-state index in [1.807, 2.05) is 13.0 Å². The van der Waals surface area contributed by atoms with Crippen molar-refractivity contribution in [2.45, 2.75) is 13.5 Å². The number of pyridine rings is 1. The molecule has 6 heteroatoms. The van der Waals surface area contributed by atoms with Gasteiger partial charge in [-0.25, -0.2) is 14.8 Å². The number of carbonyl (C=O) groups is 1. The molecule has 88 valence electrons. The Morgan fingerprint density at radius 2 is 2.35 bits per heavy atom. The molecule has 0 aliphatic carbocycles. The third-order valence-electron chi connectivity index (χ3n) is 2.00. The Balaban J connectivity index is 1.97. The Morgan fingerprint density at radius 3 is 2.94 bits per heavy atom. The summed E-state index contributed by atoms with van der Waals surface area (Å²) in [5.41, 5.74) is 0.891. The molecule has 0 amide bonds. The monoisotopic (exact) mass is 234 g/mol. The number of rotatable bonds is 4. The maximum absolute atomic E-state index is 10.6. The lowest BCUT2D eigenvalue weighted by Gasteiger charge is -2.01. The molecule has 6 nitrogen and oxygen atoms in total. The van der Waals surface area contributed by atoms with E-state index in [-0.39, 0.29) is 18.2 Å². The molecule has 0 unspecified atom stereocenters. The predicted octanol–water partition coefficient (Wildman–Crippen LogP) is 1.66. The quantitative estimate of drug-likeness (QED) is 0.865. The fourth-order valence-electron chi connectivity index (χ4n) is 1.15. The number of ether oxygens (including phenoxy) is 1. The molecule has 0 saturated carbocycles. The normalized spacial score (nSPS) is 10.2. The highest BCUT2D eigenvalue weighted by Gasteiger charge is 2.10. The first kappa shape index (κ1) is 11.1. The fourth-order valence-corrected chi connectivity index (χ4v) is 1.15. The number of carboxylic acids is 1. The van der Waals surface area contributed by atoms with Crippen LogP contribution in [0.1, 0.15) is 21.9 Å². The number of hydrogen-bond acceptors (Lipinski definition) is 5. The molecule has 17 heavy (non-hydrogen) atoms. The van der Waals surface area contributed by atoms with Gasteiger partial charge in [0.2, 0.25) is 11.8 Å². The van der Waals surface area contributed by atoms with Crippen molar-refractivity contribution in [3.05, 3.63) is 41.7 Å². The maximum Gasteiger partial charge on any atom is 0.357 e. The summed E-state index contributed by atoms with van der Waals surface area (Å²) in [6.07, 6.45) is 2.75. The van der Waals surface area contributed by atoms with E-state index in [4.69, 9.17) is 14.3 Å². The first-order valence-electron chi connectivity index (χ1n) is 4.88. The van der Waals surface area contributed by atoms with Gasteiger partial charge in [0.15, 0.2) is 12.3 Å². The van der Waals surface area contributed by atoms with Crippen LogP contribution in [0.25, 0.3) is 0 Å². The minimum Gasteiger partial charge on any atom is -0.476 e. The summed E-state index contributed by atoms with van der Waals surface area (Å²) in [5, 5.41) is 8.64. The summed E-state index contributed by atoms with van der Waals surface area (Å²) in [6, 6.07) is 3.58. The number of nitrogens with zero attached hydrogens (tertiary/aromatic N) is 2. The van der Waals surface area contributed by atoms with Crippen LogP contribution >= 0.6 is 0 Å². The van der Waals surface area contributed by atoms with Crippen molar-refractivity contribution in [3.8, 4) is 5.88 Å². The van der Waals surface area contributed by atoms with E-state index in [9.17, 15) is 4.79 Å².